The van der Waals surface area contributed by atoms with Crippen molar-refractivity contribution >= 4 is 32.9 Å². The molecule has 0 atom stereocenters. The number of rotatable bonds is 12. The first-order chi connectivity index (χ1) is 16.0. The molecule has 0 aliphatic carbocycles. The SMILES string of the molecule is C=CC(=O)OCCCCCCS(=O)(=O)c1ccc(/N=N/c2ccc(N3CCCC3)cc2)cc1. The molecular formula is C25H31N3O4S. The maximum Gasteiger partial charge on any atom is 0.330 e. The van der Waals surface area contributed by atoms with Crippen LogP contribution in [0.25, 0.3) is 0 Å². The maximum atomic E-state index is 12.5. The Bertz CT molecular complexity index is 1040. The molecule has 1 saturated heterocycles. The van der Waals surface area contributed by atoms with Gasteiger partial charge in [0.1, 0.15) is 0 Å². The van der Waals surface area contributed by atoms with E-state index in [4.69, 9.17) is 4.74 Å². The Kier molecular flexibility index (Phi) is 9.18. The number of anilines is 1. The van der Waals surface area contributed by atoms with E-state index in [9.17, 15) is 13.2 Å². The summed E-state index contributed by atoms with van der Waals surface area (Å²) in [7, 11) is -3.34. The molecule has 0 radical (unpaired) electrons. The third-order valence-corrected chi connectivity index (χ3v) is 7.33. The van der Waals surface area contributed by atoms with Crippen molar-refractivity contribution in [3.63, 3.8) is 0 Å². The highest BCUT2D eigenvalue weighted by Crippen LogP contribution is 2.25. The van der Waals surface area contributed by atoms with Crippen LogP contribution in [0, 0.1) is 0 Å². The number of sulfone groups is 1. The summed E-state index contributed by atoms with van der Waals surface area (Å²) < 4.78 is 30.0. The van der Waals surface area contributed by atoms with E-state index in [1.165, 1.54) is 18.5 Å². The van der Waals surface area contributed by atoms with Gasteiger partial charge in [-0.2, -0.15) is 10.2 Å². The lowest BCUT2D eigenvalue weighted by atomic mass is 10.2. The Morgan fingerprint density at radius 1 is 0.909 bits per heavy atom. The van der Waals surface area contributed by atoms with E-state index in [1.807, 2.05) is 12.1 Å². The third kappa shape index (κ3) is 7.82. The molecule has 0 amide bonds. The van der Waals surface area contributed by atoms with Crippen molar-refractivity contribution in [2.24, 2.45) is 10.2 Å². The van der Waals surface area contributed by atoms with Gasteiger partial charge >= 0.3 is 5.97 Å². The van der Waals surface area contributed by atoms with Crippen LogP contribution in [0.4, 0.5) is 17.1 Å². The summed E-state index contributed by atoms with van der Waals surface area (Å²) >= 11 is 0. The zero-order chi connectivity index (χ0) is 23.5. The molecule has 33 heavy (non-hydrogen) atoms. The number of carbonyl (C=O) groups excluding carboxylic acids is 1. The van der Waals surface area contributed by atoms with Crippen molar-refractivity contribution in [2.75, 3.05) is 30.3 Å². The third-order valence-electron chi connectivity index (χ3n) is 5.52. The number of benzene rings is 2. The van der Waals surface area contributed by atoms with Crippen molar-refractivity contribution < 1.29 is 17.9 Å². The van der Waals surface area contributed by atoms with E-state index >= 15 is 0 Å². The minimum Gasteiger partial charge on any atom is -0.463 e. The summed E-state index contributed by atoms with van der Waals surface area (Å²) in [5.41, 5.74) is 2.57. The topological polar surface area (TPSA) is 88.4 Å². The molecule has 1 heterocycles. The molecular weight excluding hydrogens is 438 g/mol. The van der Waals surface area contributed by atoms with Gasteiger partial charge in [0.2, 0.25) is 0 Å². The van der Waals surface area contributed by atoms with Gasteiger partial charge in [0.25, 0.3) is 0 Å². The summed E-state index contributed by atoms with van der Waals surface area (Å²) in [6.07, 6.45) is 6.44. The van der Waals surface area contributed by atoms with E-state index in [0.29, 0.717) is 25.1 Å². The van der Waals surface area contributed by atoms with E-state index in [-0.39, 0.29) is 10.6 Å². The molecule has 0 aromatic heterocycles. The Balaban J connectivity index is 1.44. The summed E-state index contributed by atoms with van der Waals surface area (Å²) in [5.74, 6) is -0.347. The number of esters is 1. The van der Waals surface area contributed by atoms with Gasteiger partial charge < -0.3 is 9.64 Å². The van der Waals surface area contributed by atoms with Crippen LogP contribution >= 0.6 is 0 Å². The van der Waals surface area contributed by atoms with Gasteiger partial charge in [-0.05, 0) is 74.2 Å². The molecule has 0 unspecified atom stereocenters. The molecule has 1 aliphatic heterocycles. The van der Waals surface area contributed by atoms with E-state index in [2.05, 4.69) is 33.8 Å². The second kappa shape index (κ2) is 12.3. The number of hydrogen-bond acceptors (Lipinski definition) is 7. The molecule has 1 fully saturated rings. The summed E-state index contributed by atoms with van der Waals surface area (Å²) in [6, 6.07) is 14.5. The van der Waals surface area contributed by atoms with E-state index < -0.39 is 15.8 Å². The lowest BCUT2D eigenvalue weighted by Gasteiger charge is -2.17. The zero-order valence-corrected chi connectivity index (χ0v) is 19.7. The first-order valence-corrected chi connectivity index (χ1v) is 13.0. The summed E-state index contributed by atoms with van der Waals surface area (Å²) in [4.78, 5) is 13.6. The smallest absolute Gasteiger partial charge is 0.330 e. The highest BCUT2D eigenvalue weighted by Gasteiger charge is 2.14. The fourth-order valence-electron chi connectivity index (χ4n) is 3.64. The fourth-order valence-corrected chi connectivity index (χ4v) is 5.01. The van der Waals surface area contributed by atoms with Gasteiger partial charge in [0, 0.05) is 24.9 Å². The highest BCUT2D eigenvalue weighted by atomic mass is 32.2. The summed E-state index contributed by atoms with van der Waals surface area (Å²) in [5, 5.41) is 8.48. The average molecular weight is 470 g/mol. The van der Waals surface area contributed by atoms with Gasteiger partial charge in [-0.3, -0.25) is 0 Å². The zero-order valence-electron chi connectivity index (χ0n) is 18.9. The molecule has 7 nitrogen and oxygen atoms in total. The number of azo groups is 1. The number of hydrogen-bond donors (Lipinski definition) is 0. The molecule has 0 N–H and O–H groups in total. The molecule has 1 aliphatic rings. The number of carbonyl (C=O) groups is 1. The molecule has 176 valence electrons. The van der Waals surface area contributed by atoms with Gasteiger partial charge in [0.05, 0.1) is 28.6 Å². The second-order valence-corrected chi connectivity index (χ2v) is 10.1. The Labute approximate surface area is 196 Å². The van der Waals surface area contributed by atoms with Crippen LogP contribution in [0.15, 0.2) is 76.3 Å². The van der Waals surface area contributed by atoms with Crippen LogP contribution in [0.5, 0.6) is 0 Å². The normalized spacial score (nSPS) is 14.0. The van der Waals surface area contributed by atoms with Gasteiger partial charge in [0.15, 0.2) is 9.84 Å². The fraction of sp³-hybridized carbons (Fsp3) is 0.400. The monoisotopic (exact) mass is 469 g/mol. The van der Waals surface area contributed by atoms with Crippen LogP contribution < -0.4 is 4.90 Å². The van der Waals surface area contributed by atoms with Crippen molar-refractivity contribution in [3.05, 3.63) is 61.2 Å². The minimum atomic E-state index is -3.34. The maximum absolute atomic E-state index is 12.5. The van der Waals surface area contributed by atoms with Crippen LogP contribution in [-0.4, -0.2) is 39.8 Å². The molecule has 2 aromatic rings. The van der Waals surface area contributed by atoms with Crippen molar-refractivity contribution in [1.29, 1.82) is 0 Å². The average Bonchev–Trinajstić information content (AvgIpc) is 3.37. The van der Waals surface area contributed by atoms with Crippen LogP contribution in [-0.2, 0) is 19.4 Å². The van der Waals surface area contributed by atoms with Gasteiger partial charge in [-0.15, -0.1) is 0 Å². The number of nitrogens with zero attached hydrogens (tertiary/aromatic N) is 3. The Hall–Kier alpha value is -3.00. The lowest BCUT2D eigenvalue weighted by Crippen LogP contribution is -2.17. The van der Waals surface area contributed by atoms with E-state index in [1.54, 1.807) is 24.3 Å². The van der Waals surface area contributed by atoms with Gasteiger partial charge in [-0.25, -0.2) is 13.2 Å². The van der Waals surface area contributed by atoms with Gasteiger partial charge in [-0.1, -0.05) is 19.4 Å². The van der Waals surface area contributed by atoms with Crippen LogP contribution in [0.2, 0.25) is 0 Å². The first kappa shape index (κ1) is 24.6. The number of unbranched alkanes of at least 4 members (excludes halogenated alkanes) is 3. The largest absolute Gasteiger partial charge is 0.463 e. The predicted octanol–water partition coefficient (Wildman–Crippen LogP) is 5.77. The quantitative estimate of drug-likeness (QED) is 0.170. The standard InChI is InChI=1S/C25H31N3O4S/c1-2-25(29)32-19-7-3-4-8-20-33(30,31)24-15-11-22(12-16-24)27-26-21-9-13-23(14-10-21)28-17-5-6-18-28/h2,9-16H,1,3-8,17-20H2/b27-26+. The Morgan fingerprint density at radius 3 is 2.09 bits per heavy atom. The lowest BCUT2D eigenvalue weighted by molar-refractivity contribution is -0.137. The van der Waals surface area contributed by atoms with Crippen molar-refractivity contribution in [2.45, 2.75) is 43.4 Å². The molecule has 0 bridgehead atoms. The van der Waals surface area contributed by atoms with Crippen LogP contribution in [0.1, 0.15) is 38.5 Å². The van der Waals surface area contributed by atoms with Crippen LogP contribution in [0.3, 0.4) is 0 Å². The van der Waals surface area contributed by atoms with E-state index in [0.717, 1.165) is 37.7 Å². The highest BCUT2D eigenvalue weighted by molar-refractivity contribution is 7.91. The van der Waals surface area contributed by atoms with Crippen molar-refractivity contribution in [3.8, 4) is 0 Å². The molecule has 2 aromatic carbocycles. The Morgan fingerprint density at radius 2 is 1.48 bits per heavy atom. The second-order valence-electron chi connectivity index (χ2n) is 8.01. The minimum absolute atomic E-state index is 0.0870. The number of ether oxygens (including phenoxy) is 1. The molecule has 3 rings (SSSR count). The van der Waals surface area contributed by atoms with Crippen molar-refractivity contribution in [1.82, 2.24) is 0 Å². The first-order valence-electron chi connectivity index (χ1n) is 11.4. The molecule has 8 heteroatoms. The summed E-state index contributed by atoms with van der Waals surface area (Å²) in [6.45, 7) is 5.87. The predicted molar refractivity (Wildman–Crippen MR) is 130 cm³/mol. The molecule has 0 saturated carbocycles. The molecule has 0 spiro atoms.